The Kier molecular flexibility index (Phi) is 8.16. The van der Waals surface area contributed by atoms with Gasteiger partial charge in [-0.2, -0.15) is 11.8 Å². The van der Waals surface area contributed by atoms with E-state index in [0.29, 0.717) is 16.3 Å². The number of carboxylic acid groups (broad SMARTS) is 1. The number of aliphatic carboxylic acids is 1. The van der Waals surface area contributed by atoms with Gasteiger partial charge in [0.15, 0.2) is 5.76 Å². The molecular formula is C19H19ClN2O5S. The van der Waals surface area contributed by atoms with Crippen molar-refractivity contribution in [2.24, 2.45) is 0 Å². The molecule has 148 valence electrons. The zero-order valence-corrected chi connectivity index (χ0v) is 16.5. The second-order valence-electron chi connectivity index (χ2n) is 5.69. The number of nitrogens with one attached hydrogen (secondary N) is 2. The topological polar surface area (TPSA) is 109 Å². The third-order valence-corrected chi connectivity index (χ3v) is 4.53. The van der Waals surface area contributed by atoms with Crippen molar-refractivity contribution in [2.45, 2.75) is 12.5 Å². The molecule has 0 radical (unpaired) electrons. The van der Waals surface area contributed by atoms with Gasteiger partial charge in [-0.3, -0.25) is 9.59 Å². The van der Waals surface area contributed by atoms with Crippen LogP contribution in [0.1, 0.15) is 22.5 Å². The standard InChI is InChI=1S/C19H19ClN2O5S/c1-28-10-8-14(19(25)26)21-17(23)15(11-12-4-6-13(20)7-5-12)22-18(24)16-3-2-9-27-16/h2-7,9,11,14H,8,10H2,1H3,(H,21,23)(H,22,24)(H,25,26)/b15-11+. The Labute approximate surface area is 171 Å². The number of benzene rings is 1. The zero-order chi connectivity index (χ0) is 20.5. The molecule has 3 N–H and O–H groups in total. The van der Waals surface area contributed by atoms with Crippen LogP contribution in [-0.2, 0) is 9.59 Å². The van der Waals surface area contributed by atoms with Crippen molar-refractivity contribution in [3.05, 3.63) is 64.7 Å². The fourth-order valence-electron chi connectivity index (χ4n) is 2.20. The van der Waals surface area contributed by atoms with Crippen LogP contribution >= 0.6 is 23.4 Å². The van der Waals surface area contributed by atoms with Crippen LogP contribution in [0.15, 0.2) is 52.8 Å². The minimum atomic E-state index is -1.15. The van der Waals surface area contributed by atoms with E-state index in [4.69, 9.17) is 16.0 Å². The average molecular weight is 423 g/mol. The molecule has 0 bridgehead atoms. The maximum Gasteiger partial charge on any atom is 0.326 e. The molecule has 1 atom stereocenters. The van der Waals surface area contributed by atoms with E-state index >= 15 is 0 Å². The first-order valence-corrected chi connectivity index (χ1v) is 10.0. The number of furan rings is 1. The molecule has 2 rings (SSSR count). The summed E-state index contributed by atoms with van der Waals surface area (Å²) in [6.45, 7) is 0. The van der Waals surface area contributed by atoms with Gasteiger partial charge < -0.3 is 20.2 Å². The van der Waals surface area contributed by atoms with Gasteiger partial charge in [0, 0.05) is 5.02 Å². The van der Waals surface area contributed by atoms with Crippen molar-refractivity contribution in [1.82, 2.24) is 10.6 Å². The first-order valence-electron chi connectivity index (χ1n) is 8.25. The molecule has 0 aliphatic carbocycles. The summed E-state index contributed by atoms with van der Waals surface area (Å²) in [5, 5.41) is 14.8. The van der Waals surface area contributed by atoms with Crippen molar-refractivity contribution < 1.29 is 23.9 Å². The number of amides is 2. The van der Waals surface area contributed by atoms with Gasteiger partial charge in [0.2, 0.25) is 0 Å². The Hall–Kier alpha value is -2.71. The molecule has 9 heteroatoms. The maximum absolute atomic E-state index is 12.7. The van der Waals surface area contributed by atoms with Crippen LogP contribution in [0.4, 0.5) is 0 Å². The molecule has 0 spiro atoms. The molecule has 1 heterocycles. The Bertz CT molecular complexity index is 850. The highest BCUT2D eigenvalue weighted by atomic mass is 35.5. The number of thioether (sulfide) groups is 1. The van der Waals surface area contributed by atoms with Gasteiger partial charge in [-0.15, -0.1) is 0 Å². The SMILES string of the molecule is CSCCC(NC(=O)/C(=C\c1ccc(Cl)cc1)NC(=O)c1ccco1)C(=O)O. The lowest BCUT2D eigenvalue weighted by Crippen LogP contribution is -2.44. The van der Waals surface area contributed by atoms with E-state index in [1.165, 1.54) is 30.2 Å². The highest BCUT2D eigenvalue weighted by Gasteiger charge is 2.23. The lowest BCUT2D eigenvalue weighted by molar-refractivity contribution is -0.141. The van der Waals surface area contributed by atoms with Gasteiger partial charge in [0.05, 0.1) is 6.26 Å². The molecule has 2 aromatic rings. The van der Waals surface area contributed by atoms with Gasteiger partial charge in [0.1, 0.15) is 11.7 Å². The first kappa shape index (κ1) is 21.6. The second kappa shape index (κ2) is 10.6. The Morgan fingerprint density at radius 1 is 1.25 bits per heavy atom. The van der Waals surface area contributed by atoms with Crippen LogP contribution in [0.3, 0.4) is 0 Å². The van der Waals surface area contributed by atoms with E-state index in [0.717, 1.165) is 0 Å². The van der Waals surface area contributed by atoms with E-state index in [2.05, 4.69) is 10.6 Å². The van der Waals surface area contributed by atoms with Gasteiger partial charge in [-0.05, 0) is 54.3 Å². The first-order chi connectivity index (χ1) is 13.4. The fraction of sp³-hybridized carbons (Fsp3) is 0.211. The van der Waals surface area contributed by atoms with E-state index in [9.17, 15) is 19.5 Å². The molecule has 0 aliphatic rings. The predicted molar refractivity (Wildman–Crippen MR) is 108 cm³/mol. The molecule has 0 fully saturated rings. The van der Waals surface area contributed by atoms with Crippen molar-refractivity contribution in [1.29, 1.82) is 0 Å². The van der Waals surface area contributed by atoms with Crippen LogP contribution in [-0.4, -0.2) is 40.9 Å². The van der Waals surface area contributed by atoms with E-state index in [-0.39, 0.29) is 17.9 Å². The Morgan fingerprint density at radius 2 is 1.96 bits per heavy atom. The summed E-state index contributed by atoms with van der Waals surface area (Å²) in [5.41, 5.74) is 0.490. The summed E-state index contributed by atoms with van der Waals surface area (Å²) < 4.78 is 5.03. The lowest BCUT2D eigenvalue weighted by Gasteiger charge is -2.16. The molecular weight excluding hydrogens is 404 g/mol. The van der Waals surface area contributed by atoms with Crippen LogP contribution in [0.25, 0.3) is 6.08 Å². The minimum Gasteiger partial charge on any atom is -0.480 e. The monoisotopic (exact) mass is 422 g/mol. The average Bonchev–Trinajstić information content (AvgIpc) is 3.20. The highest BCUT2D eigenvalue weighted by Crippen LogP contribution is 2.13. The van der Waals surface area contributed by atoms with Crippen LogP contribution in [0, 0.1) is 0 Å². The normalized spacial score (nSPS) is 12.3. The molecule has 1 aromatic heterocycles. The summed E-state index contributed by atoms with van der Waals surface area (Å²) in [4.78, 5) is 36.4. The quantitative estimate of drug-likeness (QED) is 0.536. The number of rotatable bonds is 9. The predicted octanol–water partition coefficient (Wildman–Crippen LogP) is 3.03. The Balaban J connectivity index is 2.25. The highest BCUT2D eigenvalue weighted by molar-refractivity contribution is 7.98. The van der Waals surface area contributed by atoms with Gasteiger partial charge >= 0.3 is 5.97 Å². The van der Waals surface area contributed by atoms with E-state index in [1.54, 1.807) is 30.3 Å². The summed E-state index contributed by atoms with van der Waals surface area (Å²) in [6.07, 6.45) is 4.86. The van der Waals surface area contributed by atoms with E-state index in [1.807, 2.05) is 6.26 Å². The number of halogens is 1. The number of carbonyl (C=O) groups is 3. The minimum absolute atomic E-state index is 0.0203. The fourth-order valence-corrected chi connectivity index (χ4v) is 2.80. The second-order valence-corrected chi connectivity index (χ2v) is 7.11. The van der Waals surface area contributed by atoms with Gasteiger partial charge in [-0.25, -0.2) is 4.79 Å². The summed E-state index contributed by atoms with van der Waals surface area (Å²) >= 11 is 7.34. The molecule has 1 aromatic carbocycles. The van der Waals surface area contributed by atoms with Crippen molar-refractivity contribution in [2.75, 3.05) is 12.0 Å². The smallest absolute Gasteiger partial charge is 0.326 e. The number of hydrogen-bond donors (Lipinski definition) is 3. The zero-order valence-electron chi connectivity index (χ0n) is 15.0. The molecule has 1 unspecified atom stereocenters. The molecule has 2 amide bonds. The van der Waals surface area contributed by atoms with Crippen molar-refractivity contribution in [3.8, 4) is 0 Å². The van der Waals surface area contributed by atoms with Crippen molar-refractivity contribution in [3.63, 3.8) is 0 Å². The molecule has 0 saturated carbocycles. The summed E-state index contributed by atoms with van der Waals surface area (Å²) in [6, 6.07) is 8.51. The van der Waals surface area contributed by atoms with Crippen LogP contribution in [0.2, 0.25) is 5.02 Å². The van der Waals surface area contributed by atoms with Crippen LogP contribution < -0.4 is 10.6 Å². The molecule has 28 heavy (non-hydrogen) atoms. The summed E-state index contributed by atoms with van der Waals surface area (Å²) in [5.74, 6) is -1.91. The number of carboxylic acids is 1. The third kappa shape index (κ3) is 6.47. The lowest BCUT2D eigenvalue weighted by atomic mass is 10.1. The molecule has 0 saturated heterocycles. The molecule has 0 aliphatic heterocycles. The van der Waals surface area contributed by atoms with Crippen molar-refractivity contribution >= 4 is 47.2 Å². The maximum atomic E-state index is 12.7. The van der Waals surface area contributed by atoms with Crippen LogP contribution in [0.5, 0.6) is 0 Å². The molecule has 7 nitrogen and oxygen atoms in total. The van der Waals surface area contributed by atoms with Gasteiger partial charge in [-0.1, -0.05) is 23.7 Å². The Morgan fingerprint density at radius 3 is 2.54 bits per heavy atom. The summed E-state index contributed by atoms with van der Waals surface area (Å²) in [7, 11) is 0. The van der Waals surface area contributed by atoms with E-state index < -0.39 is 23.8 Å². The number of hydrogen-bond acceptors (Lipinski definition) is 5. The van der Waals surface area contributed by atoms with Gasteiger partial charge in [0.25, 0.3) is 11.8 Å². The third-order valence-electron chi connectivity index (χ3n) is 3.63. The largest absolute Gasteiger partial charge is 0.480 e. The number of carbonyl (C=O) groups excluding carboxylic acids is 2.